The molecule has 40 valence electrons. The molecule has 0 bridgehead atoms. The number of aromatic nitrogens is 2. The van der Waals surface area contributed by atoms with Gasteiger partial charge in [0.1, 0.15) is 5.82 Å². The van der Waals surface area contributed by atoms with E-state index in [1.165, 1.54) is 0 Å². The van der Waals surface area contributed by atoms with Crippen molar-refractivity contribution >= 4 is 5.82 Å². The molecule has 0 spiro atoms. The zero-order valence-electron chi connectivity index (χ0n) is 4.18. The van der Waals surface area contributed by atoms with E-state index in [4.69, 9.17) is 12.2 Å². The third kappa shape index (κ3) is 0.636. The summed E-state index contributed by atoms with van der Waals surface area (Å²) in [5.74, 6) is 3.20. The van der Waals surface area contributed by atoms with E-state index in [1.54, 1.807) is 6.20 Å². The first-order valence-electron chi connectivity index (χ1n) is 2.10. The third-order valence-corrected chi connectivity index (χ3v) is 0.734. The second-order valence-electron chi connectivity index (χ2n) is 1.32. The van der Waals surface area contributed by atoms with Crippen LogP contribution in [0.2, 0.25) is 0 Å². The number of nitrogen functional groups attached to an aromatic ring is 1. The lowest BCUT2D eigenvalue weighted by atomic mass is 10.7. The SMILES string of the molecule is C#Cc1nc(N)c[nH]1. The molecular formula is C5H5N3. The van der Waals surface area contributed by atoms with Crippen molar-refractivity contribution in [2.24, 2.45) is 0 Å². The number of nitrogens with two attached hydrogens (primary N) is 1. The first-order valence-corrected chi connectivity index (χ1v) is 2.10. The molecule has 1 heterocycles. The average Bonchev–Trinajstić information content (AvgIpc) is 2.14. The van der Waals surface area contributed by atoms with Gasteiger partial charge in [0.2, 0.25) is 0 Å². The molecule has 1 aromatic heterocycles. The Balaban J connectivity index is 3.05. The van der Waals surface area contributed by atoms with Crippen molar-refractivity contribution in [3.8, 4) is 12.3 Å². The normalized spacial score (nSPS) is 8.38. The molecule has 0 saturated carbocycles. The summed E-state index contributed by atoms with van der Waals surface area (Å²) in [5, 5.41) is 0. The maximum atomic E-state index is 5.22. The van der Waals surface area contributed by atoms with Gasteiger partial charge in [-0.15, -0.1) is 6.42 Å². The van der Waals surface area contributed by atoms with Gasteiger partial charge in [0, 0.05) is 6.20 Å². The lowest BCUT2D eigenvalue weighted by Gasteiger charge is -1.72. The van der Waals surface area contributed by atoms with Gasteiger partial charge in [-0.3, -0.25) is 0 Å². The summed E-state index contributed by atoms with van der Waals surface area (Å²) in [6, 6.07) is 0. The molecule has 1 rings (SSSR count). The summed E-state index contributed by atoms with van der Waals surface area (Å²) in [4.78, 5) is 6.40. The van der Waals surface area contributed by atoms with Gasteiger partial charge in [-0.05, 0) is 5.92 Å². The maximum absolute atomic E-state index is 5.22. The number of terminal acetylenes is 1. The minimum absolute atomic E-state index is 0.429. The molecule has 3 heteroatoms. The zero-order valence-corrected chi connectivity index (χ0v) is 4.18. The predicted octanol–water partition coefficient (Wildman–Crippen LogP) is -0.0268. The van der Waals surface area contributed by atoms with Crippen LogP contribution in [0.1, 0.15) is 5.82 Å². The Kier molecular flexibility index (Phi) is 0.935. The molecule has 0 saturated heterocycles. The molecule has 8 heavy (non-hydrogen) atoms. The lowest BCUT2D eigenvalue weighted by Crippen LogP contribution is -1.82. The fraction of sp³-hybridized carbons (Fsp3) is 0. The van der Waals surface area contributed by atoms with Gasteiger partial charge in [-0.25, -0.2) is 4.98 Å². The van der Waals surface area contributed by atoms with E-state index in [0.717, 1.165) is 0 Å². The number of aromatic amines is 1. The fourth-order valence-electron chi connectivity index (χ4n) is 0.410. The highest BCUT2D eigenvalue weighted by Gasteiger charge is 1.88. The Bertz CT molecular complexity index is 218. The van der Waals surface area contributed by atoms with Crippen molar-refractivity contribution in [3.05, 3.63) is 12.0 Å². The Hall–Kier alpha value is -1.43. The number of anilines is 1. The topological polar surface area (TPSA) is 54.7 Å². The summed E-state index contributed by atoms with van der Waals surface area (Å²) in [7, 11) is 0. The molecular weight excluding hydrogens is 102 g/mol. The van der Waals surface area contributed by atoms with Crippen LogP contribution in [0.25, 0.3) is 0 Å². The summed E-state index contributed by atoms with van der Waals surface area (Å²) in [6.07, 6.45) is 6.51. The molecule has 3 nitrogen and oxygen atoms in total. The van der Waals surface area contributed by atoms with E-state index in [1.807, 2.05) is 0 Å². The van der Waals surface area contributed by atoms with Gasteiger partial charge >= 0.3 is 0 Å². The molecule has 0 aromatic carbocycles. The molecule has 0 radical (unpaired) electrons. The first-order chi connectivity index (χ1) is 3.83. The number of imidazole rings is 1. The predicted molar refractivity (Wildman–Crippen MR) is 30.9 cm³/mol. The van der Waals surface area contributed by atoms with Crippen LogP contribution in [0.4, 0.5) is 5.82 Å². The number of rotatable bonds is 0. The summed E-state index contributed by atoms with van der Waals surface area (Å²) in [6.45, 7) is 0. The highest BCUT2D eigenvalue weighted by molar-refractivity contribution is 5.30. The van der Waals surface area contributed by atoms with Crippen LogP contribution in [-0.2, 0) is 0 Å². The van der Waals surface area contributed by atoms with Crippen LogP contribution >= 0.6 is 0 Å². The molecule has 0 amide bonds. The van der Waals surface area contributed by atoms with Crippen LogP contribution in [0, 0.1) is 12.3 Å². The van der Waals surface area contributed by atoms with Crippen molar-refractivity contribution in [3.63, 3.8) is 0 Å². The van der Waals surface area contributed by atoms with Gasteiger partial charge in [-0.2, -0.15) is 0 Å². The summed E-state index contributed by atoms with van der Waals surface area (Å²) >= 11 is 0. The van der Waals surface area contributed by atoms with Crippen LogP contribution in [0.3, 0.4) is 0 Å². The summed E-state index contributed by atoms with van der Waals surface area (Å²) < 4.78 is 0. The molecule has 1 aromatic rings. The van der Waals surface area contributed by atoms with Crippen LogP contribution < -0.4 is 5.73 Å². The fourth-order valence-corrected chi connectivity index (χ4v) is 0.410. The zero-order chi connectivity index (χ0) is 5.98. The highest BCUT2D eigenvalue weighted by atomic mass is 15.0. The van der Waals surface area contributed by atoms with Gasteiger partial charge in [0.05, 0.1) is 0 Å². The number of hydrogen-bond acceptors (Lipinski definition) is 2. The van der Waals surface area contributed by atoms with E-state index >= 15 is 0 Å². The molecule has 3 N–H and O–H groups in total. The van der Waals surface area contributed by atoms with Gasteiger partial charge < -0.3 is 10.7 Å². The monoisotopic (exact) mass is 107 g/mol. The summed E-state index contributed by atoms with van der Waals surface area (Å²) in [5.41, 5.74) is 5.22. The number of H-pyrrole nitrogens is 1. The Morgan fingerprint density at radius 2 is 2.62 bits per heavy atom. The molecule has 0 aliphatic heterocycles. The molecule has 0 atom stereocenters. The van der Waals surface area contributed by atoms with Gasteiger partial charge in [-0.1, -0.05) is 0 Å². The molecule has 0 aliphatic carbocycles. The molecule has 0 fully saturated rings. The minimum atomic E-state index is 0.429. The van der Waals surface area contributed by atoms with Crippen molar-refractivity contribution < 1.29 is 0 Å². The minimum Gasteiger partial charge on any atom is -0.382 e. The third-order valence-electron chi connectivity index (χ3n) is 0.734. The van der Waals surface area contributed by atoms with Gasteiger partial charge in [0.25, 0.3) is 0 Å². The van der Waals surface area contributed by atoms with Crippen LogP contribution in [-0.4, -0.2) is 9.97 Å². The Labute approximate surface area is 46.9 Å². The quantitative estimate of drug-likeness (QED) is 0.457. The van der Waals surface area contributed by atoms with Crippen molar-refractivity contribution in [2.75, 3.05) is 5.73 Å². The molecule has 0 aliphatic rings. The lowest BCUT2D eigenvalue weighted by molar-refractivity contribution is 1.26. The van der Waals surface area contributed by atoms with E-state index in [-0.39, 0.29) is 0 Å². The van der Waals surface area contributed by atoms with E-state index < -0.39 is 0 Å². The van der Waals surface area contributed by atoms with Crippen molar-refractivity contribution in [1.29, 1.82) is 0 Å². The molecule has 0 unspecified atom stereocenters. The Morgan fingerprint density at radius 3 is 2.88 bits per heavy atom. The van der Waals surface area contributed by atoms with Gasteiger partial charge in [0.15, 0.2) is 5.82 Å². The largest absolute Gasteiger partial charge is 0.382 e. The van der Waals surface area contributed by atoms with Crippen molar-refractivity contribution in [2.45, 2.75) is 0 Å². The first kappa shape index (κ1) is 4.72. The van der Waals surface area contributed by atoms with E-state index in [0.29, 0.717) is 11.6 Å². The van der Waals surface area contributed by atoms with Crippen LogP contribution in [0.15, 0.2) is 6.20 Å². The van der Waals surface area contributed by atoms with E-state index in [2.05, 4.69) is 15.9 Å². The second kappa shape index (κ2) is 1.58. The smallest absolute Gasteiger partial charge is 0.184 e. The van der Waals surface area contributed by atoms with Crippen LogP contribution in [0.5, 0.6) is 0 Å². The van der Waals surface area contributed by atoms with E-state index in [9.17, 15) is 0 Å². The average molecular weight is 107 g/mol. The number of hydrogen-bond donors (Lipinski definition) is 2. The number of nitrogens with one attached hydrogen (secondary N) is 1. The van der Waals surface area contributed by atoms with Crippen molar-refractivity contribution in [1.82, 2.24) is 9.97 Å². The maximum Gasteiger partial charge on any atom is 0.184 e. The second-order valence-corrected chi connectivity index (χ2v) is 1.32. The Morgan fingerprint density at radius 1 is 1.88 bits per heavy atom. The highest BCUT2D eigenvalue weighted by Crippen LogP contribution is 1.93. The standard InChI is InChI=1S/C5H5N3/c1-2-5-7-3-4(6)8-5/h1,3H,6H2,(H,7,8). The number of nitrogens with zero attached hydrogens (tertiary/aromatic N) is 1.